The van der Waals surface area contributed by atoms with Crippen molar-refractivity contribution in [2.24, 2.45) is 11.3 Å². The minimum atomic E-state index is -0.185. The highest BCUT2D eigenvalue weighted by Gasteiger charge is 2.54. The summed E-state index contributed by atoms with van der Waals surface area (Å²) in [5.74, 6) is 0.834. The van der Waals surface area contributed by atoms with Crippen molar-refractivity contribution in [2.45, 2.75) is 58.4 Å². The fourth-order valence-electron chi connectivity index (χ4n) is 4.43. The Morgan fingerprint density at radius 1 is 1.14 bits per heavy atom. The van der Waals surface area contributed by atoms with E-state index in [2.05, 4.69) is 10.2 Å². The number of carbonyl (C=O) groups excluding carboxylic acids is 2. The SMILES string of the molecule is CC(C)(C)NC(=O)CN1CCC2(CC1)CC2CCC(=O)c1cc(Cl)cc(Cl)c1. The van der Waals surface area contributed by atoms with Crippen LogP contribution in [-0.2, 0) is 4.79 Å². The summed E-state index contributed by atoms with van der Waals surface area (Å²) in [6, 6.07) is 5.03. The molecule has 1 amide bonds. The highest BCUT2D eigenvalue weighted by Crippen LogP contribution is 2.61. The minimum absolute atomic E-state index is 0.0987. The Kier molecular flexibility index (Phi) is 6.43. The first-order chi connectivity index (χ1) is 13.1. The lowest BCUT2D eigenvalue weighted by Crippen LogP contribution is -2.47. The van der Waals surface area contributed by atoms with Gasteiger partial charge in [0.05, 0.1) is 6.54 Å². The first-order valence-corrected chi connectivity index (χ1v) is 10.8. The molecule has 0 aromatic heterocycles. The van der Waals surface area contributed by atoms with Crippen molar-refractivity contribution < 1.29 is 9.59 Å². The third-order valence-electron chi connectivity index (χ3n) is 6.00. The van der Waals surface area contributed by atoms with Gasteiger partial charge in [0, 0.05) is 27.6 Å². The zero-order valence-corrected chi connectivity index (χ0v) is 18.5. The molecule has 1 heterocycles. The van der Waals surface area contributed by atoms with Gasteiger partial charge in [-0.25, -0.2) is 0 Å². The molecule has 0 radical (unpaired) electrons. The summed E-state index contributed by atoms with van der Waals surface area (Å²) < 4.78 is 0. The number of hydrogen-bond acceptors (Lipinski definition) is 3. The normalized spacial score (nSPS) is 21.5. The van der Waals surface area contributed by atoms with E-state index in [-0.39, 0.29) is 17.2 Å². The lowest BCUT2D eigenvalue weighted by molar-refractivity contribution is -0.124. The fraction of sp³-hybridized carbons (Fsp3) is 0.636. The number of benzene rings is 1. The van der Waals surface area contributed by atoms with Crippen LogP contribution < -0.4 is 5.32 Å². The third kappa shape index (κ3) is 5.71. The zero-order chi connectivity index (χ0) is 20.5. The van der Waals surface area contributed by atoms with Gasteiger partial charge in [-0.15, -0.1) is 0 Å². The standard InChI is InChI=1S/C22H30Cl2N2O2/c1-21(2,3)25-20(28)14-26-8-6-22(7-9-26)13-16(22)4-5-19(27)15-10-17(23)12-18(24)11-15/h10-12,16H,4-9,13-14H2,1-3H3,(H,25,28). The van der Waals surface area contributed by atoms with E-state index in [1.165, 1.54) is 6.42 Å². The predicted molar refractivity (Wildman–Crippen MR) is 114 cm³/mol. The number of rotatable bonds is 6. The summed E-state index contributed by atoms with van der Waals surface area (Å²) in [4.78, 5) is 26.8. The van der Waals surface area contributed by atoms with Crippen molar-refractivity contribution in [1.82, 2.24) is 10.2 Å². The maximum Gasteiger partial charge on any atom is 0.234 e. The number of carbonyl (C=O) groups is 2. The van der Waals surface area contributed by atoms with Crippen LogP contribution in [0.2, 0.25) is 10.0 Å². The van der Waals surface area contributed by atoms with Crippen LogP contribution in [0.3, 0.4) is 0 Å². The van der Waals surface area contributed by atoms with E-state index in [1.807, 2.05) is 20.8 Å². The Morgan fingerprint density at radius 3 is 2.32 bits per heavy atom. The lowest BCUT2D eigenvalue weighted by Gasteiger charge is -2.33. The molecule has 1 saturated carbocycles. The van der Waals surface area contributed by atoms with Gasteiger partial charge in [0.2, 0.25) is 5.91 Å². The summed E-state index contributed by atoms with van der Waals surface area (Å²) in [6.07, 6.45) is 4.92. The number of ketones is 1. The quantitative estimate of drug-likeness (QED) is 0.655. The average molecular weight is 425 g/mol. The van der Waals surface area contributed by atoms with Gasteiger partial charge in [-0.3, -0.25) is 14.5 Å². The van der Waals surface area contributed by atoms with Crippen molar-refractivity contribution in [3.8, 4) is 0 Å². The van der Waals surface area contributed by atoms with E-state index >= 15 is 0 Å². The molecule has 1 atom stereocenters. The largest absolute Gasteiger partial charge is 0.350 e. The van der Waals surface area contributed by atoms with Crippen molar-refractivity contribution >= 4 is 34.9 Å². The molecule has 1 aliphatic heterocycles. The summed E-state index contributed by atoms with van der Waals surface area (Å²) in [7, 11) is 0. The van der Waals surface area contributed by atoms with E-state index in [0.717, 1.165) is 32.4 Å². The molecular formula is C22H30Cl2N2O2. The Bertz CT molecular complexity index is 729. The molecular weight excluding hydrogens is 395 g/mol. The number of piperidine rings is 1. The summed E-state index contributed by atoms with van der Waals surface area (Å²) in [5.41, 5.74) is 0.811. The summed E-state index contributed by atoms with van der Waals surface area (Å²) in [5, 5.41) is 4.03. The van der Waals surface area contributed by atoms with Gasteiger partial charge in [0.1, 0.15) is 0 Å². The third-order valence-corrected chi connectivity index (χ3v) is 6.43. The molecule has 4 nitrogen and oxygen atoms in total. The van der Waals surface area contributed by atoms with Crippen LogP contribution in [0.4, 0.5) is 0 Å². The second kappa shape index (κ2) is 8.33. The van der Waals surface area contributed by atoms with Crippen LogP contribution in [0.1, 0.15) is 63.2 Å². The second-order valence-electron chi connectivity index (χ2n) is 9.46. The lowest BCUT2D eigenvalue weighted by atomic mass is 9.89. The van der Waals surface area contributed by atoms with Crippen LogP contribution in [0.15, 0.2) is 18.2 Å². The van der Waals surface area contributed by atoms with E-state index < -0.39 is 0 Å². The minimum Gasteiger partial charge on any atom is -0.350 e. The van der Waals surface area contributed by atoms with E-state index in [1.54, 1.807) is 18.2 Å². The zero-order valence-electron chi connectivity index (χ0n) is 17.0. The van der Waals surface area contributed by atoms with Gasteiger partial charge in [-0.1, -0.05) is 23.2 Å². The topological polar surface area (TPSA) is 49.4 Å². The Labute approximate surface area is 177 Å². The highest BCUT2D eigenvalue weighted by atomic mass is 35.5. The molecule has 1 saturated heterocycles. The van der Waals surface area contributed by atoms with E-state index in [4.69, 9.17) is 23.2 Å². The van der Waals surface area contributed by atoms with Crippen molar-refractivity contribution in [3.63, 3.8) is 0 Å². The Morgan fingerprint density at radius 2 is 1.75 bits per heavy atom. The molecule has 2 fully saturated rings. The number of Topliss-reactive ketones (excluding diaryl/α,β-unsaturated/α-hetero) is 1. The van der Waals surface area contributed by atoms with Crippen LogP contribution in [0, 0.1) is 11.3 Å². The Hall–Kier alpha value is -1.10. The van der Waals surface area contributed by atoms with E-state index in [0.29, 0.717) is 39.9 Å². The molecule has 1 N–H and O–H groups in total. The molecule has 0 bridgehead atoms. The van der Waals surface area contributed by atoms with Gasteiger partial charge in [-0.05, 0) is 89.1 Å². The fourth-order valence-corrected chi connectivity index (χ4v) is 4.96. The van der Waals surface area contributed by atoms with Crippen LogP contribution in [0.25, 0.3) is 0 Å². The van der Waals surface area contributed by atoms with Crippen LogP contribution in [0.5, 0.6) is 0 Å². The van der Waals surface area contributed by atoms with Crippen molar-refractivity contribution in [2.75, 3.05) is 19.6 Å². The summed E-state index contributed by atoms with van der Waals surface area (Å²) >= 11 is 12.0. The number of halogens is 2. The van der Waals surface area contributed by atoms with Gasteiger partial charge in [0.15, 0.2) is 5.78 Å². The second-order valence-corrected chi connectivity index (χ2v) is 10.3. The molecule has 28 heavy (non-hydrogen) atoms. The number of nitrogens with one attached hydrogen (secondary N) is 1. The predicted octanol–water partition coefficient (Wildman–Crippen LogP) is 4.97. The molecule has 1 aromatic carbocycles. The molecule has 3 rings (SSSR count). The first-order valence-electron chi connectivity index (χ1n) is 10.1. The maximum atomic E-state index is 12.5. The molecule has 1 aromatic rings. The van der Waals surface area contributed by atoms with Gasteiger partial charge < -0.3 is 5.32 Å². The van der Waals surface area contributed by atoms with Crippen molar-refractivity contribution in [3.05, 3.63) is 33.8 Å². The molecule has 1 spiro atoms. The van der Waals surface area contributed by atoms with Gasteiger partial charge in [0.25, 0.3) is 0 Å². The highest BCUT2D eigenvalue weighted by molar-refractivity contribution is 6.35. The molecule has 2 aliphatic rings. The Balaban J connectivity index is 1.42. The molecule has 1 aliphatic carbocycles. The number of nitrogens with zero attached hydrogens (tertiary/aromatic N) is 1. The molecule has 154 valence electrons. The first kappa shape index (κ1) is 21.6. The maximum absolute atomic E-state index is 12.5. The molecule has 6 heteroatoms. The summed E-state index contributed by atoms with van der Waals surface area (Å²) in [6.45, 7) is 8.42. The van der Waals surface area contributed by atoms with Crippen molar-refractivity contribution in [1.29, 1.82) is 0 Å². The average Bonchev–Trinajstić information content (AvgIpc) is 3.24. The molecule has 1 unspecified atom stereocenters. The van der Waals surface area contributed by atoms with Crippen LogP contribution >= 0.6 is 23.2 Å². The number of likely N-dealkylation sites (tertiary alicyclic amines) is 1. The van der Waals surface area contributed by atoms with Crippen LogP contribution in [-0.4, -0.2) is 41.8 Å². The van der Waals surface area contributed by atoms with E-state index in [9.17, 15) is 9.59 Å². The number of hydrogen-bond donors (Lipinski definition) is 1. The monoisotopic (exact) mass is 424 g/mol. The smallest absolute Gasteiger partial charge is 0.234 e. The van der Waals surface area contributed by atoms with Gasteiger partial charge in [-0.2, -0.15) is 0 Å². The van der Waals surface area contributed by atoms with Gasteiger partial charge >= 0.3 is 0 Å². The number of amides is 1.